The van der Waals surface area contributed by atoms with Gasteiger partial charge in [-0.3, -0.25) is 4.79 Å². The number of Topliss-reactive ketones (excluding diaryl/α,β-unsaturated/α-hetero) is 1. The Kier molecular flexibility index (Phi) is 3.91. The number of benzene rings is 1. The van der Waals surface area contributed by atoms with Gasteiger partial charge in [0.25, 0.3) is 0 Å². The first kappa shape index (κ1) is 17.6. The Hall–Kier alpha value is -2.53. The standard InChI is InChI=1S/C22H21ClN4O/c1-22(2)11-10-16(28)19-20(15-12-14(15)13-6-4-3-5-7-13)26-27(21(19)22)18-9-8-17(23)24-25-18/h3-9,14-15H,10-12H2,1-2H3. The molecule has 0 N–H and O–H groups in total. The van der Waals surface area contributed by atoms with E-state index in [1.54, 1.807) is 6.07 Å². The van der Waals surface area contributed by atoms with Gasteiger partial charge in [-0.2, -0.15) is 5.10 Å². The third-order valence-corrected chi connectivity index (χ3v) is 6.22. The van der Waals surface area contributed by atoms with E-state index < -0.39 is 0 Å². The summed E-state index contributed by atoms with van der Waals surface area (Å²) in [6, 6.07) is 14.0. The summed E-state index contributed by atoms with van der Waals surface area (Å²) >= 11 is 5.92. The second-order valence-electron chi connectivity index (χ2n) is 8.40. The minimum Gasteiger partial charge on any atom is -0.294 e. The van der Waals surface area contributed by atoms with E-state index in [9.17, 15) is 4.79 Å². The summed E-state index contributed by atoms with van der Waals surface area (Å²) < 4.78 is 1.82. The van der Waals surface area contributed by atoms with E-state index in [2.05, 4.69) is 48.3 Å². The van der Waals surface area contributed by atoms with Gasteiger partial charge >= 0.3 is 0 Å². The van der Waals surface area contributed by atoms with E-state index >= 15 is 0 Å². The van der Waals surface area contributed by atoms with Crippen molar-refractivity contribution in [2.75, 3.05) is 0 Å². The van der Waals surface area contributed by atoms with Gasteiger partial charge in [0, 0.05) is 17.8 Å². The fourth-order valence-corrected chi connectivity index (χ4v) is 4.52. The van der Waals surface area contributed by atoms with Gasteiger partial charge in [0.05, 0.1) is 17.0 Å². The Morgan fingerprint density at radius 3 is 2.57 bits per heavy atom. The third kappa shape index (κ3) is 2.76. The van der Waals surface area contributed by atoms with E-state index in [-0.39, 0.29) is 17.1 Å². The van der Waals surface area contributed by atoms with Gasteiger partial charge in [0.1, 0.15) is 0 Å². The molecular formula is C22H21ClN4O. The zero-order valence-electron chi connectivity index (χ0n) is 15.9. The van der Waals surface area contributed by atoms with Crippen LogP contribution in [0, 0.1) is 0 Å². The van der Waals surface area contributed by atoms with Crippen molar-refractivity contribution in [2.24, 2.45) is 0 Å². The Morgan fingerprint density at radius 2 is 1.86 bits per heavy atom. The summed E-state index contributed by atoms with van der Waals surface area (Å²) in [5.74, 6) is 1.49. The lowest BCUT2D eigenvalue weighted by Crippen LogP contribution is -2.30. The van der Waals surface area contributed by atoms with Crippen LogP contribution in [0.5, 0.6) is 0 Å². The van der Waals surface area contributed by atoms with Crippen LogP contribution in [0.4, 0.5) is 0 Å². The summed E-state index contributed by atoms with van der Waals surface area (Å²) in [4.78, 5) is 13.0. The molecule has 0 radical (unpaired) electrons. The molecule has 0 amide bonds. The molecule has 1 saturated carbocycles. The molecule has 2 aliphatic carbocycles. The monoisotopic (exact) mass is 392 g/mol. The fourth-order valence-electron chi connectivity index (χ4n) is 4.42. The quantitative estimate of drug-likeness (QED) is 0.639. The predicted octanol–water partition coefficient (Wildman–Crippen LogP) is 4.84. The fraction of sp³-hybridized carbons (Fsp3) is 0.364. The molecule has 2 aliphatic rings. The van der Waals surface area contributed by atoms with E-state index in [1.165, 1.54) is 5.56 Å². The normalized spacial score (nSPS) is 22.8. The summed E-state index contributed by atoms with van der Waals surface area (Å²) in [5.41, 5.74) is 3.82. The number of ketones is 1. The molecule has 0 spiro atoms. The van der Waals surface area contributed by atoms with Gasteiger partial charge in [0.15, 0.2) is 16.8 Å². The van der Waals surface area contributed by atoms with E-state index in [0.717, 1.165) is 29.8 Å². The molecule has 3 aromatic rings. The molecule has 0 saturated heterocycles. The van der Waals surface area contributed by atoms with Gasteiger partial charge in [-0.05, 0) is 36.5 Å². The second-order valence-corrected chi connectivity index (χ2v) is 8.79. The zero-order valence-corrected chi connectivity index (χ0v) is 16.6. The molecule has 28 heavy (non-hydrogen) atoms. The highest BCUT2D eigenvalue weighted by atomic mass is 35.5. The second kappa shape index (κ2) is 6.24. The zero-order chi connectivity index (χ0) is 19.5. The molecule has 0 aliphatic heterocycles. The molecule has 6 heteroatoms. The average Bonchev–Trinajstić information content (AvgIpc) is 3.38. The molecule has 1 fully saturated rings. The van der Waals surface area contributed by atoms with Crippen molar-refractivity contribution in [2.45, 2.75) is 50.4 Å². The Bertz CT molecular complexity index is 1060. The number of fused-ring (bicyclic) bond motifs is 1. The van der Waals surface area contributed by atoms with Crippen LogP contribution in [0.1, 0.15) is 72.3 Å². The first-order valence-corrected chi connectivity index (χ1v) is 10.0. The van der Waals surface area contributed by atoms with Crippen LogP contribution in [0.2, 0.25) is 5.15 Å². The van der Waals surface area contributed by atoms with Gasteiger partial charge in [0.2, 0.25) is 0 Å². The topological polar surface area (TPSA) is 60.7 Å². The predicted molar refractivity (Wildman–Crippen MR) is 107 cm³/mol. The number of hydrogen-bond acceptors (Lipinski definition) is 4. The van der Waals surface area contributed by atoms with Crippen molar-refractivity contribution >= 4 is 17.4 Å². The van der Waals surface area contributed by atoms with Crippen molar-refractivity contribution in [3.05, 3.63) is 70.1 Å². The van der Waals surface area contributed by atoms with E-state index in [4.69, 9.17) is 16.7 Å². The first-order valence-electron chi connectivity index (χ1n) is 9.67. The summed E-state index contributed by atoms with van der Waals surface area (Å²) in [5, 5.41) is 13.5. The van der Waals surface area contributed by atoms with Crippen molar-refractivity contribution in [1.82, 2.24) is 20.0 Å². The average molecular weight is 393 g/mol. The Balaban J connectivity index is 1.65. The lowest BCUT2D eigenvalue weighted by molar-refractivity contribution is 0.0954. The van der Waals surface area contributed by atoms with Crippen molar-refractivity contribution in [1.29, 1.82) is 0 Å². The number of nitrogens with zero attached hydrogens (tertiary/aromatic N) is 4. The molecule has 2 unspecified atom stereocenters. The molecule has 1 aromatic carbocycles. The lowest BCUT2D eigenvalue weighted by Gasteiger charge is -2.30. The highest BCUT2D eigenvalue weighted by Gasteiger charge is 2.47. The summed E-state index contributed by atoms with van der Waals surface area (Å²) in [7, 11) is 0. The largest absolute Gasteiger partial charge is 0.294 e. The van der Waals surface area contributed by atoms with Crippen molar-refractivity contribution in [3.8, 4) is 5.82 Å². The molecule has 0 bridgehead atoms. The minimum absolute atomic E-state index is 0.160. The van der Waals surface area contributed by atoms with E-state index in [1.807, 2.05) is 16.8 Å². The smallest absolute Gasteiger partial charge is 0.176 e. The highest BCUT2D eigenvalue weighted by Crippen LogP contribution is 2.56. The maximum Gasteiger partial charge on any atom is 0.176 e. The van der Waals surface area contributed by atoms with Crippen LogP contribution in [-0.2, 0) is 5.41 Å². The number of aromatic nitrogens is 4. The third-order valence-electron chi connectivity index (χ3n) is 6.01. The Morgan fingerprint density at radius 1 is 1.07 bits per heavy atom. The maximum absolute atomic E-state index is 13.0. The van der Waals surface area contributed by atoms with Crippen LogP contribution in [0.3, 0.4) is 0 Å². The molecule has 2 atom stereocenters. The van der Waals surface area contributed by atoms with Crippen LogP contribution < -0.4 is 0 Å². The number of rotatable bonds is 3. The van der Waals surface area contributed by atoms with Gasteiger partial charge in [-0.15, -0.1) is 10.2 Å². The molecule has 2 aromatic heterocycles. The van der Waals surface area contributed by atoms with Crippen LogP contribution in [-0.4, -0.2) is 25.8 Å². The van der Waals surface area contributed by atoms with Gasteiger partial charge < -0.3 is 0 Å². The SMILES string of the molecule is CC1(C)CCC(=O)c2c(C3CC3c3ccccc3)nn(-c3ccc(Cl)nn3)c21. The Labute approximate surface area is 168 Å². The van der Waals surface area contributed by atoms with Crippen LogP contribution in [0.25, 0.3) is 5.82 Å². The lowest BCUT2D eigenvalue weighted by atomic mass is 9.75. The van der Waals surface area contributed by atoms with Gasteiger partial charge in [-0.25, -0.2) is 4.68 Å². The number of carbonyl (C=O) groups excluding carboxylic acids is 1. The molecular weight excluding hydrogens is 372 g/mol. The van der Waals surface area contributed by atoms with Crippen molar-refractivity contribution < 1.29 is 4.79 Å². The number of halogens is 1. The summed E-state index contributed by atoms with van der Waals surface area (Å²) in [6.45, 7) is 4.34. The van der Waals surface area contributed by atoms with E-state index in [0.29, 0.717) is 23.3 Å². The highest BCUT2D eigenvalue weighted by molar-refractivity contribution is 6.29. The number of carbonyl (C=O) groups is 1. The molecule has 142 valence electrons. The van der Waals surface area contributed by atoms with Crippen LogP contribution in [0.15, 0.2) is 42.5 Å². The maximum atomic E-state index is 13.0. The number of hydrogen-bond donors (Lipinski definition) is 0. The van der Waals surface area contributed by atoms with Crippen LogP contribution >= 0.6 is 11.6 Å². The molecule has 2 heterocycles. The molecule has 5 rings (SSSR count). The van der Waals surface area contributed by atoms with Gasteiger partial charge in [-0.1, -0.05) is 55.8 Å². The molecule has 5 nitrogen and oxygen atoms in total. The first-order chi connectivity index (χ1) is 13.5. The minimum atomic E-state index is -0.160. The summed E-state index contributed by atoms with van der Waals surface area (Å²) in [6.07, 6.45) is 2.39. The van der Waals surface area contributed by atoms with Crippen molar-refractivity contribution in [3.63, 3.8) is 0 Å².